The maximum absolute atomic E-state index is 14.2. The van der Waals surface area contributed by atoms with E-state index in [2.05, 4.69) is 10.3 Å². The number of nitrogens with one attached hydrogen (secondary N) is 2. The monoisotopic (exact) mass is 551 g/mol. The molecule has 0 spiro atoms. The molecule has 0 bridgehead atoms. The molecular formula is C29H30FN3O5S. The minimum absolute atomic E-state index is 0.0429. The Labute approximate surface area is 230 Å². The molecule has 1 aliphatic carbocycles. The summed E-state index contributed by atoms with van der Waals surface area (Å²) < 4.78 is 31.0. The van der Waals surface area contributed by atoms with Crippen LogP contribution in [-0.2, 0) is 10.5 Å². The van der Waals surface area contributed by atoms with Crippen LogP contribution in [0.2, 0.25) is 0 Å². The predicted molar refractivity (Wildman–Crippen MR) is 147 cm³/mol. The van der Waals surface area contributed by atoms with E-state index in [9.17, 15) is 14.0 Å². The van der Waals surface area contributed by atoms with Crippen LogP contribution in [0.3, 0.4) is 0 Å². The van der Waals surface area contributed by atoms with Gasteiger partial charge in [-0.05, 0) is 29.5 Å². The van der Waals surface area contributed by atoms with Gasteiger partial charge < -0.3 is 24.5 Å². The SMILES string of the molecule is COc1ccc(C2C3=C(CC(C)(C)CC3=O)Nc3nc(SCc4ccccc4F)[nH]c(=O)c32)c(OC)c1OC. The van der Waals surface area contributed by atoms with E-state index >= 15 is 0 Å². The van der Waals surface area contributed by atoms with Crippen molar-refractivity contribution >= 4 is 23.4 Å². The molecule has 1 atom stereocenters. The fourth-order valence-electron chi connectivity index (χ4n) is 5.39. The van der Waals surface area contributed by atoms with Gasteiger partial charge in [0.2, 0.25) is 5.75 Å². The Morgan fingerprint density at radius 1 is 1.03 bits per heavy atom. The highest BCUT2D eigenvalue weighted by atomic mass is 32.2. The molecule has 0 saturated carbocycles. The molecular weight excluding hydrogens is 521 g/mol. The lowest BCUT2D eigenvalue weighted by Gasteiger charge is -2.39. The number of ketones is 1. The standard InChI is InChI=1S/C29H30FN3O5S/c1-29(2)12-18-22(19(34)13-29)21(16-10-11-20(36-3)25(38-5)24(16)37-4)23-26(31-18)32-28(33-27(23)35)39-14-15-8-6-7-9-17(15)30/h6-11,21H,12-14H2,1-5H3,(H2,31,32,33,35). The quantitative estimate of drug-likeness (QED) is 0.296. The Bertz CT molecular complexity index is 1550. The van der Waals surface area contributed by atoms with Crippen LogP contribution in [-0.4, -0.2) is 37.1 Å². The van der Waals surface area contributed by atoms with Crippen LogP contribution in [0.4, 0.5) is 10.2 Å². The first kappa shape index (κ1) is 26.8. The third kappa shape index (κ3) is 4.89. The van der Waals surface area contributed by atoms with Crippen LogP contribution in [0.25, 0.3) is 0 Å². The highest BCUT2D eigenvalue weighted by molar-refractivity contribution is 7.98. The summed E-state index contributed by atoms with van der Waals surface area (Å²) in [4.78, 5) is 34.9. The number of hydrogen-bond donors (Lipinski definition) is 2. The first-order chi connectivity index (χ1) is 18.7. The smallest absolute Gasteiger partial charge is 0.257 e. The zero-order valence-corrected chi connectivity index (χ0v) is 23.3. The van der Waals surface area contributed by atoms with Crippen molar-refractivity contribution in [1.82, 2.24) is 9.97 Å². The Morgan fingerprint density at radius 3 is 2.46 bits per heavy atom. The average molecular weight is 552 g/mol. The third-order valence-electron chi connectivity index (χ3n) is 7.07. The Hall–Kier alpha value is -3.79. The molecule has 1 unspecified atom stereocenters. The van der Waals surface area contributed by atoms with Crippen molar-refractivity contribution in [2.24, 2.45) is 5.41 Å². The summed E-state index contributed by atoms with van der Waals surface area (Å²) in [7, 11) is 4.54. The van der Waals surface area contributed by atoms with E-state index in [1.807, 2.05) is 13.8 Å². The highest BCUT2D eigenvalue weighted by Crippen LogP contribution is 2.52. The number of halogens is 1. The van der Waals surface area contributed by atoms with Gasteiger partial charge in [-0.1, -0.05) is 49.9 Å². The number of thioether (sulfide) groups is 1. The molecule has 0 fully saturated rings. The van der Waals surface area contributed by atoms with E-state index in [-0.39, 0.29) is 17.0 Å². The van der Waals surface area contributed by atoms with Gasteiger partial charge >= 0.3 is 0 Å². The minimum atomic E-state index is -0.739. The minimum Gasteiger partial charge on any atom is -0.493 e. The number of carbonyl (C=O) groups excluding carboxylic acids is 1. The van der Waals surface area contributed by atoms with Crippen LogP contribution < -0.4 is 25.1 Å². The number of anilines is 1. The number of Topliss-reactive ketones (excluding diaryl/α,β-unsaturated/α-hetero) is 1. The molecule has 0 amide bonds. The number of benzene rings is 2. The lowest BCUT2D eigenvalue weighted by molar-refractivity contribution is -0.118. The second-order valence-corrected chi connectivity index (χ2v) is 11.3. The number of fused-ring (bicyclic) bond motifs is 1. The predicted octanol–water partition coefficient (Wildman–Crippen LogP) is 5.43. The largest absolute Gasteiger partial charge is 0.493 e. The zero-order valence-electron chi connectivity index (χ0n) is 22.4. The van der Waals surface area contributed by atoms with Gasteiger partial charge in [-0.15, -0.1) is 0 Å². The molecule has 0 saturated heterocycles. The first-order valence-electron chi connectivity index (χ1n) is 12.5. The summed E-state index contributed by atoms with van der Waals surface area (Å²) in [5, 5.41) is 3.65. The van der Waals surface area contributed by atoms with Gasteiger partial charge in [0.25, 0.3) is 5.56 Å². The number of methoxy groups -OCH3 is 3. The molecule has 1 aromatic heterocycles. The number of rotatable bonds is 7. The fourth-order valence-corrected chi connectivity index (χ4v) is 6.23. The molecule has 1 aliphatic heterocycles. The van der Waals surface area contributed by atoms with Gasteiger partial charge in [-0.25, -0.2) is 9.37 Å². The van der Waals surface area contributed by atoms with Crippen molar-refractivity contribution in [2.45, 2.75) is 43.5 Å². The molecule has 2 N–H and O–H groups in total. The van der Waals surface area contributed by atoms with Crippen molar-refractivity contribution in [3.05, 3.63) is 80.5 Å². The first-order valence-corrected chi connectivity index (χ1v) is 13.5. The van der Waals surface area contributed by atoms with Crippen molar-refractivity contribution in [1.29, 1.82) is 0 Å². The van der Waals surface area contributed by atoms with E-state index in [1.54, 1.807) is 30.3 Å². The maximum Gasteiger partial charge on any atom is 0.257 e. The van der Waals surface area contributed by atoms with Crippen molar-refractivity contribution in [3.8, 4) is 17.2 Å². The lowest BCUT2D eigenvalue weighted by Crippen LogP contribution is -2.37. The summed E-state index contributed by atoms with van der Waals surface area (Å²) in [6, 6.07) is 10.0. The molecule has 10 heteroatoms. The van der Waals surface area contributed by atoms with Crippen molar-refractivity contribution < 1.29 is 23.4 Å². The number of aromatic amines is 1. The van der Waals surface area contributed by atoms with E-state index in [0.29, 0.717) is 69.1 Å². The molecule has 3 aromatic rings. The summed E-state index contributed by atoms with van der Waals surface area (Å²) in [6.07, 6.45) is 0.947. The van der Waals surface area contributed by atoms with Crippen molar-refractivity contribution in [3.63, 3.8) is 0 Å². The molecule has 5 rings (SSSR count). The second-order valence-electron chi connectivity index (χ2n) is 10.3. The van der Waals surface area contributed by atoms with E-state index in [1.165, 1.54) is 39.2 Å². The van der Waals surface area contributed by atoms with Gasteiger partial charge in [-0.2, -0.15) is 0 Å². The Morgan fingerprint density at radius 2 is 1.77 bits per heavy atom. The van der Waals surface area contributed by atoms with Gasteiger partial charge in [0.1, 0.15) is 11.6 Å². The fraction of sp³-hybridized carbons (Fsp3) is 0.345. The summed E-state index contributed by atoms with van der Waals surface area (Å²) in [6.45, 7) is 4.08. The second kappa shape index (κ2) is 10.4. The molecule has 8 nitrogen and oxygen atoms in total. The Balaban J connectivity index is 1.67. The summed E-state index contributed by atoms with van der Waals surface area (Å²) in [5.41, 5.74) is 2.00. The number of ether oxygens (including phenoxy) is 3. The molecule has 2 aromatic carbocycles. The van der Waals surface area contributed by atoms with E-state index in [0.717, 1.165) is 5.70 Å². The van der Waals surface area contributed by atoms with Crippen LogP contribution in [0, 0.1) is 11.2 Å². The number of nitrogens with zero attached hydrogens (tertiary/aromatic N) is 1. The van der Waals surface area contributed by atoms with Crippen LogP contribution >= 0.6 is 11.8 Å². The summed E-state index contributed by atoms with van der Waals surface area (Å²) >= 11 is 1.23. The molecule has 2 heterocycles. The Kier molecular flexibility index (Phi) is 7.15. The highest BCUT2D eigenvalue weighted by Gasteiger charge is 2.43. The summed E-state index contributed by atoms with van der Waals surface area (Å²) in [5.74, 6) is 0.754. The average Bonchev–Trinajstić information content (AvgIpc) is 2.89. The van der Waals surface area contributed by atoms with Crippen LogP contribution in [0.5, 0.6) is 17.2 Å². The maximum atomic E-state index is 14.2. The third-order valence-corrected chi connectivity index (χ3v) is 7.99. The van der Waals surface area contributed by atoms with Gasteiger partial charge in [-0.3, -0.25) is 9.59 Å². The molecule has 2 aliphatic rings. The number of carbonyl (C=O) groups is 1. The normalized spacial score (nSPS) is 17.7. The molecule has 204 valence electrons. The number of allylic oxidation sites excluding steroid dienone is 2. The molecule has 39 heavy (non-hydrogen) atoms. The zero-order chi connectivity index (χ0) is 27.9. The van der Waals surface area contributed by atoms with E-state index < -0.39 is 11.5 Å². The van der Waals surface area contributed by atoms with Crippen LogP contribution in [0.15, 0.2) is 57.6 Å². The van der Waals surface area contributed by atoms with E-state index in [4.69, 9.17) is 19.2 Å². The number of H-pyrrole nitrogens is 1. The van der Waals surface area contributed by atoms with Crippen LogP contribution in [0.1, 0.15) is 49.3 Å². The number of aromatic nitrogens is 2. The lowest BCUT2D eigenvalue weighted by atomic mass is 9.69. The van der Waals surface area contributed by atoms with Crippen molar-refractivity contribution in [2.75, 3.05) is 26.6 Å². The van der Waals surface area contributed by atoms with Gasteiger partial charge in [0, 0.05) is 29.0 Å². The van der Waals surface area contributed by atoms with Gasteiger partial charge in [0.15, 0.2) is 22.4 Å². The van der Waals surface area contributed by atoms with Gasteiger partial charge in [0.05, 0.1) is 32.8 Å². The molecule has 0 radical (unpaired) electrons. The number of hydrogen-bond acceptors (Lipinski definition) is 8. The topological polar surface area (TPSA) is 103 Å².